The summed E-state index contributed by atoms with van der Waals surface area (Å²) in [6.45, 7) is 2.10. The summed E-state index contributed by atoms with van der Waals surface area (Å²) < 4.78 is 0. The van der Waals surface area contributed by atoms with E-state index in [2.05, 4.69) is 40.4 Å². The summed E-state index contributed by atoms with van der Waals surface area (Å²) in [4.78, 5) is 8.75. The standard InChI is InChI=1S/C19H17N3/c1-15-7-5-6-8-16(15)11-12-18-13-14-20-19(22-18)21-17-9-3-2-4-10-17/h2-14H,1H3,(H,20,21,22)/b12-11+. The van der Waals surface area contributed by atoms with Gasteiger partial charge in [-0.3, -0.25) is 0 Å². The fourth-order valence-corrected chi connectivity index (χ4v) is 2.13. The van der Waals surface area contributed by atoms with E-state index in [1.807, 2.05) is 54.6 Å². The molecule has 1 heterocycles. The molecule has 0 aliphatic heterocycles. The number of para-hydroxylation sites is 1. The van der Waals surface area contributed by atoms with Crippen molar-refractivity contribution in [2.75, 3.05) is 5.32 Å². The van der Waals surface area contributed by atoms with Crippen LogP contribution in [0.15, 0.2) is 66.9 Å². The quantitative estimate of drug-likeness (QED) is 0.756. The zero-order valence-electron chi connectivity index (χ0n) is 12.4. The minimum Gasteiger partial charge on any atom is -0.324 e. The molecule has 0 aliphatic carbocycles. The highest BCUT2D eigenvalue weighted by Crippen LogP contribution is 2.14. The van der Waals surface area contributed by atoms with Crippen LogP contribution in [0.25, 0.3) is 12.2 Å². The molecule has 0 atom stereocenters. The normalized spacial score (nSPS) is 10.8. The number of hydrogen-bond acceptors (Lipinski definition) is 3. The SMILES string of the molecule is Cc1ccccc1/C=C/c1ccnc(Nc2ccccc2)n1. The molecule has 22 heavy (non-hydrogen) atoms. The van der Waals surface area contributed by atoms with Crippen molar-refractivity contribution in [1.82, 2.24) is 9.97 Å². The molecule has 0 aliphatic rings. The number of nitrogens with zero attached hydrogens (tertiary/aromatic N) is 2. The first-order chi connectivity index (χ1) is 10.8. The predicted octanol–water partition coefficient (Wildman–Crippen LogP) is 4.70. The van der Waals surface area contributed by atoms with E-state index in [0.29, 0.717) is 5.95 Å². The Morgan fingerprint density at radius 2 is 1.64 bits per heavy atom. The maximum atomic E-state index is 4.50. The average molecular weight is 287 g/mol. The first-order valence-electron chi connectivity index (χ1n) is 7.20. The summed E-state index contributed by atoms with van der Waals surface area (Å²) >= 11 is 0. The van der Waals surface area contributed by atoms with Crippen LogP contribution < -0.4 is 5.32 Å². The monoisotopic (exact) mass is 287 g/mol. The van der Waals surface area contributed by atoms with E-state index in [0.717, 1.165) is 11.4 Å². The second-order valence-electron chi connectivity index (χ2n) is 4.99. The van der Waals surface area contributed by atoms with Crippen molar-refractivity contribution in [2.24, 2.45) is 0 Å². The van der Waals surface area contributed by atoms with E-state index in [9.17, 15) is 0 Å². The average Bonchev–Trinajstić information content (AvgIpc) is 2.55. The molecule has 3 nitrogen and oxygen atoms in total. The molecule has 3 heteroatoms. The van der Waals surface area contributed by atoms with Crippen LogP contribution in [-0.2, 0) is 0 Å². The zero-order chi connectivity index (χ0) is 15.2. The van der Waals surface area contributed by atoms with Gasteiger partial charge in [-0.15, -0.1) is 0 Å². The van der Waals surface area contributed by atoms with Crippen LogP contribution in [0.4, 0.5) is 11.6 Å². The Kier molecular flexibility index (Phi) is 4.25. The zero-order valence-corrected chi connectivity index (χ0v) is 12.4. The molecular formula is C19H17N3. The molecule has 0 spiro atoms. The van der Waals surface area contributed by atoms with Gasteiger partial charge in [0.1, 0.15) is 0 Å². The van der Waals surface area contributed by atoms with Crippen LogP contribution in [0.1, 0.15) is 16.8 Å². The van der Waals surface area contributed by atoms with E-state index >= 15 is 0 Å². The largest absolute Gasteiger partial charge is 0.324 e. The molecule has 0 radical (unpaired) electrons. The van der Waals surface area contributed by atoms with Crippen LogP contribution in [0.2, 0.25) is 0 Å². The maximum Gasteiger partial charge on any atom is 0.227 e. The Hall–Kier alpha value is -2.94. The molecule has 0 saturated carbocycles. The molecule has 0 unspecified atom stereocenters. The molecule has 0 amide bonds. The number of anilines is 2. The van der Waals surface area contributed by atoms with Crippen molar-refractivity contribution >= 4 is 23.8 Å². The van der Waals surface area contributed by atoms with Gasteiger partial charge in [0.25, 0.3) is 0 Å². The number of rotatable bonds is 4. The van der Waals surface area contributed by atoms with E-state index in [4.69, 9.17) is 0 Å². The van der Waals surface area contributed by atoms with Crippen molar-refractivity contribution in [3.05, 3.63) is 83.7 Å². The van der Waals surface area contributed by atoms with Crippen LogP contribution in [0, 0.1) is 6.92 Å². The summed E-state index contributed by atoms with van der Waals surface area (Å²) in [7, 11) is 0. The number of aromatic nitrogens is 2. The highest BCUT2D eigenvalue weighted by Gasteiger charge is 1.98. The molecular weight excluding hydrogens is 270 g/mol. The summed E-state index contributed by atoms with van der Waals surface area (Å²) in [5.74, 6) is 0.595. The number of nitrogens with one attached hydrogen (secondary N) is 1. The fourth-order valence-electron chi connectivity index (χ4n) is 2.13. The Balaban J connectivity index is 1.78. The van der Waals surface area contributed by atoms with Crippen molar-refractivity contribution in [3.63, 3.8) is 0 Å². The first kappa shape index (κ1) is 14.0. The van der Waals surface area contributed by atoms with Gasteiger partial charge in [-0.05, 0) is 42.3 Å². The number of hydrogen-bond donors (Lipinski definition) is 1. The van der Waals surface area contributed by atoms with E-state index < -0.39 is 0 Å². The van der Waals surface area contributed by atoms with E-state index in [-0.39, 0.29) is 0 Å². The molecule has 108 valence electrons. The van der Waals surface area contributed by atoms with Gasteiger partial charge in [0.05, 0.1) is 5.69 Å². The summed E-state index contributed by atoms with van der Waals surface area (Å²) in [6.07, 6.45) is 5.83. The van der Waals surface area contributed by atoms with Crippen molar-refractivity contribution in [2.45, 2.75) is 6.92 Å². The van der Waals surface area contributed by atoms with Crippen LogP contribution in [0.3, 0.4) is 0 Å². The van der Waals surface area contributed by atoms with Gasteiger partial charge >= 0.3 is 0 Å². The number of aryl methyl sites for hydroxylation is 1. The molecule has 1 N–H and O–H groups in total. The molecule has 0 bridgehead atoms. The minimum atomic E-state index is 0.595. The van der Waals surface area contributed by atoms with Crippen LogP contribution in [-0.4, -0.2) is 9.97 Å². The summed E-state index contributed by atoms with van der Waals surface area (Å²) in [6, 6.07) is 20.1. The fraction of sp³-hybridized carbons (Fsp3) is 0.0526. The molecule has 3 rings (SSSR count). The molecule has 3 aromatic rings. The second kappa shape index (κ2) is 6.68. The third kappa shape index (κ3) is 3.58. The van der Waals surface area contributed by atoms with Crippen molar-refractivity contribution in [3.8, 4) is 0 Å². The lowest BCUT2D eigenvalue weighted by atomic mass is 10.1. The predicted molar refractivity (Wildman–Crippen MR) is 91.9 cm³/mol. The van der Waals surface area contributed by atoms with Crippen molar-refractivity contribution in [1.29, 1.82) is 0 Å². The number of benzene rings is 2. The second-order valence-corrected chi connectivity index (χ2v) is 4.99. The Bertz CT molecular complexity index is 779. The van der Waals surface area contributed by atoms with Crippen LogP contribution >= 0.6 is 0 Å². The lowest BCUT2D eigenvalue weighted by molar-refractivity contribution is 1.15. The highest BCUT2D eigenvalue weighted by atomic mass is 15.1. The molecule has 1 aromatic heterocycles. The molecule has 0 fully saturated rings. The Morgan fingerprint density at radius 3 is 2.45 bits per heavy atom. The third-order valence-electron chi connectivity index (χ3n) is 3.33. The van der Waals surface area contributed by atoms with Gasteiger partial charge in [-0.1, -0.05) is 48.5 Å². The van der Waals surface area contributed by atoms with Crippen molar-refractivity contribution < 1.29 is 0 Å². The van der Waals surface area contributed by atoms with Crippen LogP contribution in [0.5, 0.6) is 0 Å². The molecule has 0 saturated heterocycles. The van der Waals surface area contributed by atoms with Gasteiger partial charge in [0, 0.05) is 11.9 Å². The third-order valence-corrected chi connectivity index (χ3v) is 3.33. The van der Waals surface area contributed by atoms with Gasteiger partial charge in [-0.2, -0.15) is 0 Å². The Labute approximate surface area is 130 Å². The summed E-state index contributed by atoms with van der Waals surface area (Å²) in [5, 5.41) is 3.20. The van der Waals surface area contributed by atoms with E-state index in [1.165, 1.54) is 11.1 Å². The smallest absolute Gasteiger partial charge is 0.227 e. The Morgan fingerprint density at radius 1 is 0.864 bits per heavy atom. The first-order valence-corrected chi connectivity index (χ1v) is 7.20. The van der Waals surface area contributed by atoms with Gasteiger partial charge in [0.15, 0.2) is 0 Å². The van der Waals surface area contributed by atoms with Gasteiger partial charge in [0.2, 0.25) is 5.95 Å². The maximum absolute atomic E-state index is 4.50. The highest BCUT2D eigenvalue weighted by molar-refractivity contribution is 5.70. The topological polar surface area (TPSA) is 37.8 Å². The minimum absolute atomic E-state index is 0.595. The lowest BCUT2D eigenvalue weighted by Crippen LogP contribution is -1.97. The lowest BCUT2D eigenvalue weighted by Gasteiger charge is -2.04. The van der Waals surface area contributed by atoms with E-state index in [1.54, 1.807) is 6.20 Å². The van der Waals surface area contributed by atoms with Gasteiger partial charge < -0.3 is 5.32 Å². The molecule has 2 aromatic carbocycles. The van der Waals surface area contributed by atoms with Gasteiger partial charge in [-0.25, -0.2) is 9.97 Å². The summed E-state index contributed by atoms with van der Waals surface area (Å²) in [5.41, 5.74) is 4.29.